The van der Waals surface area contributed by atoms with Gasteiger partial charge in [-0.05, 0) is 24.3 Å². The van der Waals surface area contributed by atoms with Crippen molar-refractivity contribution in [1.82, 2.24) is 5.32 Å². The molecule has 0 saturated carbocycles. The number of halogens is 1. The predicted molar refractivity (Wildman–Crippen MR) is 86.5 cm³/mol. The number of anilines is 1. The lowest BCUT2D eigenvalue weighted by Crippen LogP contribution is -2.29. The molecule has 8 heteroatoms. The number of amides is 2. The van der Waals surface area contributed by atoms with Crippen LogP contribution in [0.2, 0.25) is 0 Å². The highest BCUT2D eigenvalue weighted by Gasteiger charge is 2.14. The summed E-state index contributed by atoms with van der Waals surface area (Å²) in [6.45, 7) is -0.107. The van der Waals surface area contributed by atoms with E-state index in [1.807, 2.05) is 6.07 Å². The third kappa shape index (κ3) is 4.30. The molecule has 0 unspecified atom stereocenters. The normalized spacial score (nSPS) is 10.7. The number of para-hydroxylation sites is 1. The standard InChI is InChI=1S/C16H14FN3O3S/c1-24(22,23)15-5-3-2-4-14(15)20-16(21)19-10-12-7-6-11(9-18)8-13(12)17/h2-8H,10H2,1H3,(H2,19,20,21). The Kier molecular flexibility index (Phi) is 5.16. The van der Waals surface area contributed by atoms with E-state index in [0.717, 1.165) is 12.3 Å². The Labute approximate surface area is 138 Å². The van der Waals surface area contributed by atoms with Gasteiger partial charge in [-0.2, -0.15) is 5.26 Å². The van der Waals surface area contributed by atoms with E-state index in [2.05, 4.69) is 10.6 Å². The molecule has 0 radical (unpaired) electrons. The van der Waals surface area contributed by atoms with Crippen LogP contribution in [0.25, 0.3) is 0 Å². The number of carbonyl (C=O) groups is 1. The second kappa shape index (κ2) is 7.10. The number of rotatable bonds is 4. The van der Waals surface area contributed by atoms with Crippen molar-refractivity contribution in [2.24, 2.45) is 0 Å². The summed E-state index contributed by atoms with van der Waals surface area (Å²) in [5, 5.41) is 13.5. The van der Waals surface area contributed by atoms with Crippen LogP contribution in [-0.4, -0.2) is 20.7 Å². The monoisotopic (exact) mass is 347 g/mol. The van der Waals surface area contributed by atoms with E-state index in [-0.39, 0.29) is 28.3 Å². The second-order valence-corrected chi connectivity index (χ2v) is 6.98. The number of hydrogen-bond acceptors (Lipinski definition) is 4. The summed E-state index contributed by atoms with van der Waals surface area (Å²) in [6, 6.07) is 11.0. The van der Waals surface area contributed by atoms with E-state index in [4.69, 9.17) is 5.26 Å². The van der Waals surface area contributed by atoms with Crippen LogP contribution in [-0.2, 0) is 16.4 Å². The van der Waals surface area contributed by atoms with Gasteiger partial charge in [0.25, 0.3) is 0 Å². The lowest BCUT2D eigenvalue weighted by molar-refractivity contribution is 0.251. The Hall–Kier alpha value is -2.92. The smallest absolute Gasteiger partial charge is 0.319 e. The SMILES string of the molecule is CS(=O)(=O)c1ccccc1NC(=O)NCc1ccc(C#N)cc1F. The van der Waals surface area contributed by atoms with Gasteiger partial charge in [-0.15, -0.1) is 0 Å². The molecule has 0 aliphatic heterocycles. The van der Waals surface area contributed by atoms with Crippen LogP contribution in [0, 0.1) is 17.1 Å². The summed E-state index contributed by atoms with van der Waals surface area (Å²) in [5.41, 5.74) is 0.529. The lowest BCUT2D eigenvalue weighted by Gasteiger charge is -2.11. The number of urea groups is 1. The van der Waals surface area contributed by atoms with E-state index in [9.17, 15) is 17.6 Å². The number of benzene rings is 2. The summed E-state index contributed by atoms with van der Waals surface area (Å²) in [4.78, 5) is 11.9. The molecule has 0 saturated heterocycles. The van der Waals surface area contributed by atoms with Crippen molar-refractivity contribution in [1.29, 1.82) is 5.26 Å². The molecule has 0 spiro atoms. The van der Waals surface area contributed by atoms with Gasteiger partial charge in [0.15, 0.2) is 9.84 Å². The van der Waals surface area contributed by atoms with Crippen LogP contribution in [0.3, 0.4) is 0 Å². The molecular weight excluding hydrogens is 333 g/mol. The van der Waals surface area contributed by atoms with Crippen molar-refractivity contribution < 1.29 is 17.6 Å². The van der Waals surface area contributed by atoms with Gasteiger partial charge < -0.3 is 10.6 Å². The molecule has 2 aromatic carbocycles. The highest BCUT2D eigenvalue weighted by Crippen LogP contribution is 2.20. The van der Waals surface area contributed by atoms with Gasteiger partial charge in [-0.1, -0.05) is 18.2 Å². The van der Waals surface area contributed by atoms with Crippen molar-refractivity contribution in [2.75, 3.05) is 11.6 Å². The molecule has 0 aliphatic carbocycles. The molecule has 2 N–H and O–H groups in total. The number of nitriles is 1. The highest BCUT2D eigenvalue weighted by atomic mass is 32.2. The predicted octanol–water partition coefficient (Wildman–Crippen LogP) is 2.42. The van der Waals surface area contributed by atoms with E-state index in [0.29, 0.717) is 0 Å². The van der Waals surface area contributed by atoms with Gasteiger partial charge in [0.1, 0.15) is 5.82 Å². The van der Waals surface area contributed by atoms with Crippen molar-refractivity contribution in [3.8, 4) is 6.07 Å². The Balaban J connectivity index is 2.07. The first-order chi connectivity index (χ1) is 11.3. The van der Waals surface area contributed by atoms with E-state index >= 15 is 0 Å². The van der Waals surface area contributed by atoms with Crippen LogP contribution in [0.1, 0.15) is 11.1 Å². The molecule has 0 bridgehead atoms. The topological polar surface area (TPSA) is 99.1 Å². The Bertz CT molecular complexity index is 920. The number of carbonyl (C=O) groups excluding carboxylic acids is 1. The van der Waals surface area contributed by atoms with Gasteiger partial charge in [-0.25, -0.2) is 17.6 Å². The molecule has 0 aliphatic rings. The average molecular weight is 347 g/mol. The maximum atomic E-state index is 13.7. The number of hydrogen-bond donors (Lipinski definition) is 2. The Morgan fingerprint density at radius 3 is 2.58 bits per heavy atom. The Morgan fingerprint density at radius 1 is 1.25 bits per heavy atom. The molecule has 24 heavy (non-hydrogen) atoms. The zero-order valence-corrected chi connectivity index (χ0v) is 13.5. The minimum atomic E-state index is -3.49. The highest BCUT2D eigenvalue weighted by molar-refractivity contribution is 7.90. The van der Waals surface area contributed by atoms with Crippen molar-refractivity contribution in [2.45, 2.75) is 11.4 Å². The zero-order valence-electron chi connectivity index (χ0n) is 12.7. The second-order valence-electron chi connectivity index (χ2n) is 4.99. The zero-order chi connectivity index (χ0) is 17.7. The van der Waals surface area contributed by atoms with Gasteiger partial charge in [0, 0.05) is 18.4 Å². The first-order valence-corrected chi connectivity index (χ1v) is 8.73. The van der Waals surface area contributed by atoms with Crippen molar-refractivity contribution in [3.05, 3.63) is 59.4 Å². The summed E-state index contributed by atoms with van der Waals surface area (Å²) in [6.07, 6.45) is 1.04. The van der Waals surface area contributed by atoms with Gasteiger partial charge >= 0.3 is 6.03 Å². The van der Waals surface area contributed by atoms with Crippen molar-refractivity contribution >= 4 is 21.6 Å². The summed E-state index contributed by atoms with van der Waals surface area (Å²) in [5.74, 6) is -0.606. The lowest BCUT2D eigenvalue weighted by atomic mass is 10.1. The van der Waals surface area contributed by atoms with E-state index in [1.165, 1.54) is 24.3 Å². The fraction of sp³-hybridized carbons (Fsp3) is 0.125. The van der Waals surface area contributed by atoms with Gasteiger partial charge in [0.05, 0.1) is 22.2 Å². The van der Waals surface area contributed by atoms with Crippen LogP contribution < -0.4 is 10.6 Å². The molecule has 2 aromatic rings. The van der Waals surface area contributed by atoms with Crippen molar-refractivity contribution in [3.63, 3.8) is 0 Å². The molecular formula is C16H14FN3O3S. The number of nitrogens with one attached hydrogen (secondary N) is 2. The minimum absolute atomic E-state index is 0.00953. The first-order valence-electron chi connectivity index (χ1n) is 6.83. The van der Waals surface area contributed by atoms with Crippen LogP contribution in [0.15, 0.2) is 47.4 Å². The molecule has 0 aromatic heterocycles. The molecule has 0 fully saturated rings. The quantitative estimate of drug-likeness (QED) is 0.887. The summed E-state index contributed by atoms with van der Waals surface area (Å²) in [7, 11) is -3.49. The van der Waals surface area contributed by atoms with Gasteiger partial charge in [0.2, 0.25) is 0 Å². The summed E-state index contributed by atoms with van der Waals surface area (Å²) < 4.78 is 37.1. The number of sulfone groups is 1. The third-order valence-electron chi connectivity index (χ3n) is 3.16. The molecule has 124 valence electrons. The van der Waals surface area contributed by atoms with Crippen LogP contribution in [0.4, 0.5) is 14.9 Å². The first kappa shape index (κ1) is 17.4. The third-order valence-corrected chi connectivity index (χ3v) is 4.31. The number of nitrogens with zero attached hydrogens (tertiary/aromatic N) is 1. The maximum Gasteiger partial charge on any atom is 0.319 e. The fourth-order valence-electron chi connectivity index (χ4n) is 2.00. The molecule has 0 heterocycles. The van der Waals surface area contributed by atoms with E-state index in [1.54, 1.807) is 12.1 Å². The molecule has 6 nitrogen and oxygen atoms in total. The van der Waals surface area contributed by atoms with Crippen LogP contribution >= 0.6 is 0 Å². The summed E-state index contributed by atoms with van der Waals surface area (Å²) >= 11 is 0. The average Bonchev–Trinajstić information content (AvgIpc) is 2.53. The maximum absolute atomic E-state index is 13.7. The van der Waals surface area contributed by atoms with Crippen LogP contribution in [0.5, 0.6) is 0 Å². The van der Waals surface area contributed by atoms with E-state index < -0.39 is 21.7 Å². The van der Waals surface area contributed by atoms with Gasteiger partial charge in [-0.3, -0.25) is 0 Å². The molecule has 0 atom stereocenters. The molecule has 2 amide bonds. The Morgan fingerprint density at radius 2 is 1.96 bits per heavy atom. The largest absolute Gasteiger partial charge is 0.334 e. The fourth-order valence-corrected chi connectivity index (χ4v) is 2.84. The molecule has 2 rings (SSSR count). The minimum Gasteiger partial charge on any atom is -0.334 e.